The molecule has 0 amide bonds. The van der Waals surface area contributed by atoms with Crippen LogP contribution in [0.1, 0.15) is 5.56 Å². The minimum Gasteiger partial charge on any atom is -0.208 e. The van der Waals surface area contributed by atoms with Crippen molar-refractivity contribution in [1.82, 2.24) is 15.0 Å². The minimum atomic E-state index is 0.154. The molecule has 0 radical (unpaired) electrons. The van der Waals surface area contributed by atoms with Gasteiger partial charge in [0.25, 0.3) is 0 Å². The summed E-state index contributed by atoms with van der Waals surface area (Å²) >= 11 is 6.28. The van der Waals surface area contributed by atoms with Gasteiger partial charge in [-0.05, 0) is 52.1 Å². The van der Waals surface area contributed by atoms with E-state index in [1.165, 1.54) is 0 Å². The quantitative estimate of drug-likeness (QED) is 0.307. The third-order valence-electron chi connectivity index (χ3n) is 4.79. The lowest BCUT2D eigenvalue weighted by molar-refractivity contribution is 1.07. The zero-order valence-electron chi connectivity index (χ0n) is 16.9. The van der Waals surface area contributed by atoms with Crippen molar-refractivity contribution in [2.24, 2.45) is 0 Å². The summed E-state index contributed by atoms with van der Waals surface area (Å²) in [6.07, 6.45) is 5.49. The second-order valence-electron chi connectivity index (χ2n) is 6.84. The van der Waals surface area contributed by atoms with Crippen LogP contribution in [0.4, 0.5) is 0 Å². The third-order valence-corrected chi connectivity index (χ3v) is 4.96. The van der Waals surface area contributed by atoms with Crippen molar-refractivity contribution in [1.29, 1.82) is 0 Å². The fourth-order valence-corrected chi connectivity index (χ4v) is 3.49. The van der Waals surface area contributed by atoms with E-state index in [-0.39, 0.29) is 5.28 Å². The van der Waals surface area contributed by atoms with Crippen LogP contribution in [-0.4, -0.2) is 15.0 Å². The van der Waals surface area contributed by atoms with Gasteiger partial charge in [-0.15, -0.1) is 0 Å². The van der Waals surface area contributed by atoms with Gasteiger partial charge >= 0.3 is 0 Å². The molecule has 0 spiro atoms. The van der Waals surface area contributed by atoms with Crippen LogP contribution in [0.2, 0.25) is 5.28 Å². The van der Waals surface area contributed by atoms with Crippen LogP contribution in [0.25, 0.3) is 39.5 Å². The highest BCUT2D eigenvalue weighted by Crippen LogP contribution is 2.31. The molecule has 0 aliphatic heterocycles. The van der Waals surface area contributed by atoms with E-state index in [4.69, 9.17) is 16.6 Å². The Hall–Kier alpha value is -3.82. The van der Waals surface area contributed by atoms with Crippen LogP contribution in [0, 0.1) is 0 Å². The molecule has 1 aromatic heterocycles. The third kappa shape index (κ3) is 4.68. The molecule has 0 atom stereocenters. The molecule has 0 saturated heterocycles. The van der Waals surface area contributed by atoms with Crippen molar-refractivity contribution in [2.45, 2.75) is 0 Å². The monoisotopic (exact) mass is 421 g/mol. The molecule has 0 N–H and O–H groups in total. The van der Waals surface area contributed by atoms with Crippen LogP contribution >= 0.6 is 11.6 Å². The summed E-state index contributed by atoms with van der Waals surface area (Å²) in [5, 5.41) is 0.154. The van der Waals surface area contributed by atoms with Crippen LogP contribution in [-0.2, 0) is 0 Å². The highest BCUT2D eigenvalue weighted by atomic mass is 35.5. The summed E-state index contributed by atoms with van der Waals surface area (Å²) < 4.78 is 0. The van der Waals surface area contributed by atoms with Gasteiger partial charge in [0.05, 0.1) is 0 Å². The number of halogens is 1. The van der Waals surface area contributed by atoms with Gasteiger partial charge in [-0.2, -0.15) is 9.97 Å². The first kappa shape index (κ1) is 20.5. The average Bonchev–Trinajstić information content (AvgIpc) is 2.83. The molecule has 0 fully saturated rings. The largest absolute Gasteiger partial charge is 0.226 e. The van der Waals surface area contributed by atoms with Crippen molar-refractivity contribution >= 4 is 17.2 Å². The van der Waals surface area contributed by atoms with Gasteiger partial charge in [0, 0.05) is 11.1 Å². The molecular weight excluding hydrogens is 402 g/mol. The van der Waals surface area contributed by atoms with Gasteiger partial charge in [-0.25, -0.2) is 4.98 Å². The lowest BCUT2D eigenvalue weighted by atomic mass is 9.95. The van der Waals surface area contributed by atoms with Crippen LogP contribution < -0.4 is 0 Å². The summed E-state index contributed by atoms with van der Waals surface area (Å²) in [6.45, 7) is 7.77. The SMILES string of the molecule is C=C/C=C(\C=C)c1cc(-c2ccccc2)cc(-c2nc(Cl)nc(-c3ccccc3)n2)c1. The number of benzene rings is 3. The van der Waals surface area contributed by atoms with E-state index in [1.807, 2.05) is 66.7 Å². The van der Waals surface area contributed by atoms with Gasteiger partial charge in [0.15, 0.2) is 11.6 Å². The number of allylic oxidation sites excluding steroid dienone is 4. The number of aromatic nitrogens is 3. The van der Waals surface area contributed by atoms with Crippen molar-refractivity contribution in [3.05, 3.63) is 121 Å². The average molecular weight is 422 g/mol. The molecule has 0 aliphatic rings. The van der Waals surface area contributed by atoms with Crippen LogP contribution in [0.15, 0.2) is 110 Å². The van der Waals surface area contributed by atoms with Gasteiger partial charge in [-0.1, -0.05) is 92.0 Å². The molecule has 31 heavy (non-hydrogen) atoms. The predicted octanol–water partition coefficient (Wildman–Crippen LogP) is 7.28. The Morgan fingerprint density at radius 3 is 1.87 bits per heavy atom. The fraction of sp³-hybridized carbons (Fsp3) is 0. The molecule has 3 nitrogen and oxygen atoms in total. The minimum absolute atomic E-state index is 0.154. The second kappa shape index (κ2) is 9.33. The van der Waals surface area contributed by atoms with E-state index in [2.05, 4.69) is 47.4 Å². The molecule has 4 rings (SSSR count). The number of nitrogens with zero attached hydrogens (tertiary/aromatic N) is 3. The summed E-state index contributed by atoms with van der Waals surface area (Å²) in [5.74, 6) is 1.05. The Balaban J connectivity index is 1.92. The normalized spacial score (nSPS) is 11.2. The Bertz CT molecular complexity index is 1260. The van der Waals surface area contributed by atoms with E-state index in [9.17, 15) is 0 Å². The van der Waals surface area contributed by atoms with Crippen molar-refractivity contribution in [3.8, 4) is 33.9 Å². The van der Waals surface area contributed by atoms with E-state index >= 15 is 0 Å². The molecule has 0 unspecified atom stereocenters. The Labute approximate surface area is 187 Å². The van der Waals surface area contributed by atoms with E-state index in [0.717, 1.165) is 33.4 Å². The first-order valence-electron chi connectivity index (χ1n) is 9.81. The van der Waals surface area contributed by atoms with Crippen LogP contribution in [0.5, 0.6) is 0 Å². The molecule has 0 bridgehead atoms. The molecule has 3 aromatic carbocycles. The lowest BCUT2D eigenvalue weighted by Gasteiger charge is -2.11. The number of hydrogen-bond donors (Lipinski definition) is 0. The fourth-order valence-electron chi connectivity index (χ4n) is 3.33. The zero-order valence-corrected chi connectivity index (χ0v) is 17.6. The maximum atomic E-state index is 6.28. The van der Waals surface area contributed by atoms with E-state index in [1.54, 1.807) is 6.08 Å². The molecule has 0 aliphatic carbocycles. The molecule has 150 valence electrons. The molecular formula is C27H20ClN3. The Morgan fingerprint density at radius 1 is 0.677 bits per heavy atom. The topological polar surface area (TPSA) is 38.7 Å². The maximum absolute atomic E-state index is 6.28. The zero-order chi connectivity index (χ0) is 21.6. The molecule has 4 aromatic rings. The highest BCUT2D eigenvalue weighted by molar-refractivity contribution is 6.28. The first-order chi connectivity index (χ1) is 15.2. The van der Waals surface area contributed by atoms with Crippen molar-refractivity contribution in [2.75, 3.05) is 0 Å². The molecule has 1 heterocycles. The lowest BCUT2D eigenvalue weighted by Crippen LogP contribution is -1.98. The van der Waals surface area contributed by atoms with Gasteiger partial charge < -0.3 is 0 Å². The first-order valence-corrected chi connectivity index (χ1v) is 10.2. The maximum Gasteiger partial charge on any atom is 0.226 e. The summed E-state index contributed by atoms with van der Waals surface area (Å²) in [4.78, 5) is 13.4. The highest BCUT2D eigenvalue weighted by Gasteiger charge is 2.13. The second-order valence-corrected chi connectivity index (χ2v) is 7.18. The standard InChI is InChI=1S/C27H20ClN3/c1-3-11-19(4-2)22-16-23(20-12-7-5-8-13-20)18-24(17-22)26-29-25(30-27(28)31-26)21-14-9-6-10-15-21/h3-18H,1-2H2/b19-11+. The van der Waals surface area contributed by atoms with Gasteiger partial charge in [0.1, 0.15) is 0 Å². The van der Waals surface area contributed by atoms with Crippen molar-refractivity contribution < 1.29 is 0 Å². The van der Waals surface area contributed by atoms with E-state index in [0.29, 0.717) is 11.6 Å². The van der Waals surface area contributed by atoms with Gasteiger partial charge in [-0.3, -0.25) is 0 Å². The summed E-state index contributed by atoms with van der Waals surface area (Å²) in [5.41, 5.74) is 5.81. The van der Waals surface area contributed by atoms with Crippen molar-refractivity contribution in [3.63, 3.8) is 0 Å². The Morgan fingerprint density at radius 2 is 1.26 bits per heavy atom. The summed E-state index contributed by atoms with van der Waals surface area (Å²) in [7, 11) is 0. The predicted molar refractivity (Wildman–Crippen MR) is 130 cm³/mol. The van der Waals surface area contributed by atoms with Crippen LogP contribution in [0.3, 0.4) is 0 Å². The molecule has 4 heteroatoms. The Kier molecular flexibility index (Phi) is 6.16. The summed E-state index contributed by atoms with van der Waals surface area (Å²) in [6, 6.07) is 26.1. The smallest absolute Gasteiger partial charge is 0.208 e. The van der Waals surface area contributed by atoms with E-state index < -0.39 is 0 Å². The number of hydrogen-bond acceptors (Lipinski definition) is 3. The van der Waals surface area contributed by atoms with Gasteiger partial charge in [0.2, 0.25) is 5.28 Å². The number of rotatable bonds is 6. The molecule has 0 saturated carbocycles.